The molecule has 2 saturated heterocycles. The van der Waals surface area contributed by atoms with Gasteiger partial charge in [-0.15, -0.1) is 0 Å². The van der Waals surface area contributed by atoms with E-state index in [4.69, 9.17) is 11.6 Å². The zero-order valence-corrected chi connectivity index (χ0v) is 21.3. The van der Waals surface area contributed by atoms with Crippen molar-refractivity contribution in [1.29, 1.82) is 0 Å². The summed E-state index contributed by atoms with van der Waals surface area (Å²) in [6, 6.07) is 14.9. The van der Waals surface area contributed by atoms with Crippen molar-refractivity contribution in [1.82, 2.24) is 20.0 Å². The van der Waals surface area contributed by atoms with E-state index in [1.807, 2.05) is 23.1 Å². The van der Waals surface area contributed by atoms with Gasteiger partial charge in [-0.05, 0) is 74.8 Å². The number of nitrogens with zero attached hydrogens (tertiary/aromatic N) is 3. The molecule has 2 fully saturated rings. The highest BCUT2D eigenvalue weighted by Crippen LogP contribution is 2.28. The van der Waals surface area contributed by atoms with E-state index in [1.54, 1.807) is 24.3 Å². The molecule has 2 aliphatic rings. The van der Waals surface area contributed by atoms with Gasteiger partial charge in [0.25, 0.3) is 5.91 Å². The minimum Gasteiger partial charge on any atom is -0.352 e. The van der Waals surface area contributed by atoms with Crippen LogP contribution in [0, 0.1) is 0 Å². The predicted octanol–water partition coefficient (Wildman–Crippen LogP) is 4.12. The fraction of sp³-hybridized carbons (Fsp3) is 0.481. The summed E-state index contributed by atoms with van der Waals surface area (Å²) < 4.78 is 0. The Bertz CT molecular complexity index is 991. The first-order valence-corrected chi connectivity index (χ1v) is 13.0. The van der Waals surface area contributed by atoms with Gasteiger partial charge in [-0.3, -0.25) is 4.79 Å². The number of rotatable bonds is 7. The number of likely N-dealkylation sites (tertiary alicyclic amines) is 1. The van der Waals surface area contributed by atoms with Gasteiger partial charge in [-0.1, -0.05) is 23.7 Å². The minimum absolute atomic E-state index is 0.0293. The monoisotopic (exact) mass is 497 g/mol. The van der Waals surface area contributed by atoms with E-state index in [0.29, 0.717) is 23.7 Å². The highest BCUT2D eigenvalue weighted by molar-refractivity contribution is 6.30. The maximum absolute atomic E-state index is 12.8. The number of piperazine rings is 1. The Labute approximate surface area is 213 Å². The Morgan fingerprint density at radius 1 is 1.03 bits per heavy atom. The molecule has 188 valence electrons. The van der Waals surface area contributed by atoms with Crippen molar-refractivity contribution in [2.45, 2.75) is 25.2 Å². The first-order valence-electron chi connectivity index (χ1n) is 12.6. The Balaban J connectivity index is 1.26. The quantitative estimate of drug-likeness (QED) is 0.565. The molecule has 3 amide bonds. The lowest BCUT2D eigenvalue weighted by Gasteiger charge is -2.33. The number of carbonyl (C=O) groups excluding carboxylic acids is 2. The van der Waals surface area contributed by atoms with Gasteiger partial charge < -0.3 is 25.3 Å². The molecule has 2 aromatic rings. The summed E-state index contributed by atoms with van der Waals surface area (Å²) in [5, 5.41) is 6.67. The Morgan fingerprint density at radius 3 is 2.57 bits per heavy atom. The third-order valence-corrected chi connectivity index (χ3v) is 7.21. The molecule has 7 nitrogen and oxygen atoms in total. The summed E-state index contributed by atoms with van der Waals surface area (Å²) >= 11 is 5.94. The summed E-state index contributed by atoms with van der Waals surface area (Å²) in [6.07, 6.45) is 2.89. The number of anilines is 1. The smallest absolute Gasteiger partial charge is 0.321 e. The van der Waals surface area contributed by atoms with E-state index in [1.165, 1.54) is 0 Å². The van der Waals surface area contributed by atoms with Gasteiger partial charge in [-0.25, -0.2) is 4.79 Å². The Hall–Kier alpha value is -2.61. The number of urea groups is 1. The van der Waals surface area contributed by atoms with Gasteiger partial charge in [-0.2, -0.15) is 0 Å². The van der Waals surface area contributed by atoms with Gasteiger partial charge in [0.05, 0.1) is 0 Å². The zero-order valence-electron chi connectivity index (χ0n) is 20.5. The Kier molecular flexibility index (Phi) is 9.01. The van der Waals surface area contributed by atoms with E-state index in [0.717, 1.165) is 69.8 Å². The van der Waals surface area contributed by atoms with Crippen LogP contribution in [0.4, 0.5) is 10.5 Å². The lowest BCUT2D eigenvalue weighted by Crippen LogP contribution is -2.45. The third-order valence-electron chi connectivity index (χ3n) is 6.96. The summed E-state index contributed by atoms with van der Waals surface area (Å²) in [5.41, 5.74) is 2.52. The lowest BCUT2D eigenvalue weighted by molar-refractivity contribution is 0.0949. The van der Waals surface area contributed by atoms with Crippen molar-refractivity contribution < 1.29 is 9.59 Å². The number of likely N-dealkylation sites (N-methyl/N-ethyl adjacent to an activating group) is 1. The number of halogens is 1. The average Bonchev–Trinajstić information content (AvgIpc) is 2.89. The number of amides is 3. The van der Waals surface area contributed by atoms with Gasteiger partial charge in [0.1, 0.15) is 0 Å². The van der Waals surface area contributed by atoms with Crippen LogP contribution in [0.15, 0.2) is 48.5 Å². The number of hydrogen-bond donors (Lipinski definition) is 2. The molecule has 0 radical (unpaired) electrons. The highest BCUT2D eigenvalue weighted by atomic mass is 35.5. The molecule has 2 aromatic carbocycles. The van der Waals surface area contributed by atoms with Crippen LogP contribution in [0.5, 0.6) is 0 Å². The molecule has 0 bridgehead atoms. The highest BCUT2D eigenvalue weighted by Gasteiger charge is 2.25. The summed E-state index contributed by atoms with van der Waals surface area (Å²) in [5.74, 6) is 0.183. The van der Waals surface area contributed by atoms with Crippen LogP contribution >= 0.6 is 11.6 Å². The van der Waals surface area contributed by atoms with Crippen LogP contribution in [-0.4, -0.2) is 86.0 Å². The summed E-state index contributed by atoms with van der Waals surface area (Å²) in [7, 11) is 2.16. The minimum atomic E-state index is -0.105. The number of nitrogens with one attached hydrogen (secondary N) is 2. The number of carbonyl (C=O) groups is 2. The molecule has 0 aromatic heterocycles. The van der Waals surface area contributed by atoms with Crippen molar-refractivity contribution in [3.63, 3.8) is 0 Å². The van der Waals surface area contributed by atoms with Gasteiger partial charge in [0.2, 0.25) is 0 Å². The number of hydrogen-bond acceptors (Lipinski definition) is 4. The van der Waals surface area contributed by atoms with Crippen molar-refractivity contribution in [2.24, 2.45) is 0 Å². The first-order chi connectivity index (χ1) is 17.0. The standard InChI is InChI=1S/C27H36ClN5O2/c1-31-15-17-32(18-16-31)13-4-12-29-26(34)22-6-2-5-21(19-22)23-7-3-14-33(20-23)27(35)30-25-10-8-24(28)9-11-25/h2,5-6,8-11,19,23H,3-4,7,12-18,20H2,1H3,(H,29,34)(H,30,35)/t23-/m0/s1. The summed E-state index contributed by atoms with van der Waals surface area (Å²) in [4.78, 5) is 32.2. The lowest BCUT2D eigenvalue weighted by atomic mass is 9.89. The fourth-order valence-corrected chi connectivity index (χ4v) is 4.91. The molecule has 0 aliphatic carbocycles. The van der Waals surface area contributed by atoms with Crippen LogP contribution in [-0.2, 0) is 0 Å². The van der Waals surface area contributed by atoms with E-state index in [9.17, 15) is 9.59 Å². The van der Waals surface area contributed by atoms with Crippen LogP contribution < -0.4 is 10.6 Å². The summed E-state index contributed by atoms with van der Waals surface area (Å²) in [6.45, 7) is 7.48. The average molecular weight is 498 g/mol. The second kappa shape index (κ2) is 12.4. The largest absolute Gasteiger partial charge is 0.352 e. The van der Waals surface area contributed by atoms with Crippen LogP contribution in [0.2, 0.25) is 5.02 Å². The first kappa shape index (κ1) is 25.5. The van der Waals surface area contributed by atoms with Gasteiger partial charge in [0, 0.05) is 68.0 Å². The maximum atomic E-state index is 12.8. The number of piperidine rings is 1. The van der Waals surface area contributed by atoms with E-state index >= 15 is 0 Å². The normalized spacial score (nSPS) is 19.4. The van der Waals surface area contributed by atoms with Gasteiger partial charge in [0.15, 0.2) is 0 Å². The predicted molar refractivity (Wildman–Crippen MR) is 141 cm³/mol. The molecule has 35 heavy (non-hydrogen) atoms. The van der Waals surface area contributed by atoms with E-state index < -0.39 is 0 Å². The fourth-order valence-electron chi connectivity index (χ4n) is 4.78. The molecular formula is C27H36ClN5O2. The van der Waals surface area contributed by atoms with Crippen LogP contribution in [0.3, 0.4) is 0 Å². The number of benzene rings is 2. The Morgan fingerprint density at radius 2 is 1.80 bits per heavy atom. The molecule has 0 spiro atoms. The molecule has 2 aliphatic heterocycles. The van der Waals surface area contributed by atoms with Crippen LogP contribution in [0.1, 0.15) is 41.1 Å². The molecule has 2 heterocycles. The molecule has 8 heteroatoms. The maximum Gasteiger partial charge on any atom is 0.321 e. The zero-order chi connectivity index (χ0) is 24.6. The second-order valence-corrected chi connectivity index (χ2v) is 10.0. The van der Waals surface area contributed by atoms with Gasteiger partial charge >= 0.3 is 6.03 Å². The molecule has 0 saturated carbocycles. The third kappa shape index (κ3) is 7.43. The molecule has 0 unspecified atom stereocenters. The molecule has 2 N–H and O–H groups in total. The molecule has 4 rings (SSSR count). The van der Waals surface area contributed by atoms with Crippen molar-refractivity contribution >= 4 is 29.2 Å². The van der Waals surface area contributed by atoms with E-state index in [2.05, 4.69) is 33.5 Å². The molecule has 1 atom stereocenters. The topological polar surface area (TPSA) is 67.9 Å². The second-order valence-electron chi connectivity index (χ2n) is 9.60. The van der Waals surface area contributed by atoms with Crippen LogP contribution in [0.25, 0.3) is 0 Å². The SMILES string of the molecule is CN1CCN(CCCNC(=O)c2cccc([C@H]3CCCN(C(=O)Nc4ccc(Cl)cc4)C3)c2)CC1. The van der Waals surface area contributed by atoms with Crippen molar-refractivity contribution in [3.8, 4) is 0 Å². The molecular weight excluding hydrogens is 462 g/mol. The van der Waals surface area contributed by atoms with Crippen molar-refractivity contribution in [2.75, 3.05) is 64.7 Å². The van der Waals surface area contributed by atoms with Crippen molar-refractivity contribution in [3.05, 3.63) is 64.7 Å². The van der Waals surface area contributed by atoms with E-state index in [-0.39, 0.29) is 17.9 Å².